The summed E-state index contributed by atoms with van der Waals surface area (Å²) in [4.78, 5) is 12.3. The number of rotatable bonds is 8. The normalized spacial score (nSPS) is 11.9. The Balaban J connectivity index is 2.14. The molecule has 0 saturated carbocycles. The number of aromatic nitrogens is 3. The van der Waals surface area contributed by atoms with Gasteiger partial charge in [-0.15, -0.1) is 10.2 Å². The van der Waals surface area contributed by atoms with Crippen molar-refractivity contribution < 1.29 is 17.9 Å². The SMILES string of the molecule is Cc1cccc(C)c1-n1c(SCC(=O)OC(C)C)nnc1-c1cccc(S(=O)(=O)N(C)C)c1. The van der Waals surface area contributed by atoms with Gasteiger partial charge >= 0.3 is 5.97 Å². The molecule has 0 aliphatic carbocycles. The Kier molecular flexibility index (Phi) is 7.61. The fourth-order valence-corrected chi connectivity index (χ4v) is 5.01. The van der Waals surface area contributed by atoms with Crippen molar-refractivity contribution in [2.75, 3.05) is 19.8 Å². The highest BCUT2D eigenvalue weighted by Gasteiger charge is 2.23. The molecular formula is C23H28N4O4S2. The lowest BCUT2D eigenvalue weighted by atomic mass is 10.1. The first-order valence-electron chi connectivity index (χ1n) is 10.4. The van der Waals surface area contributed by atoms with E-state index in [2.05, 4.69) is 10.2 Å². The molecule has 33 heavy (non-hydrogen) atoms. The number of hydrogen-bond acceptors (Lipinski definition) is 7. The summed E-state index contributed by atoms with van der Waals surface area (Å²) in [7, 11) is -0.633. The predicted molar refractivity (Wildman–Crippen MR) is 129 cm³/mol. The third kappa shape index (κ3) is 5.45. The molecule has 0 N–H and O–H groups in total. The molecule has 0 unspecified atom stereocenters. The molecule has 0 aliphatic rings. The van der Waals surface area contributed by atoms with Crippen molar-refractivity contribution in [2.24, 2.45) is 0 Å². The molecule has 0 amide bonds. The number of carbonyl (C=O) groups excluding carboxylic acids is 1. The molecule has 1 heterocycles. The van der Waals surface area contributed by atoms with Crippen LogP contribution in [0.25, 0.3) is 17.1 Å². The maximum atomic E-state index is 12.7. The van der Waals surface area contributed by atoms with Crippen molar-refractivity contribution in [1.29, 1.82) is 0 Å². The van der Waals surface area contributed by atoms with Crippen molar-refractivity contribution in [3.63, 3.8) is 0 Å². The molecule has 2 aromatic carbocycles. The molecular weight excluding hydrogens is 460 g/mol. The van der Waals surface area contributed by atoms with Gasteiger partial charge < -0.3 is 4.74 Å². The van der Waals surface area contributed by atoms with E-state index in [0.717, 1.165) is 16.8 Å². The lowest BCUT2D eigenvalue weighted by molar-refractivity contribution is -0.144. The highest BCUT2D eigenvalue weighted by atomic mass is 32.2. The molecule has 8 nitrogen and oxygen atoms in total. The lowest BCUT2D eigenvalue weighted by Crippen LogP contribution is -2.22. The minimum absolute atomic E-state index is 0.0797. The largest absolute Gasteiger partial charge is 0.462 e. The maximum Gasteiger partial charge on any atom is 0.316 e. The van der Waals surface area contributed by atoms with Gasteiger partial charge in [0, 0.05) is 19.7 Å². The van der Waals surface area contributed by atoms with Gasteiger partial charge in [-0.3, -0.25) is 9.36 Å². The first-order valence-corrected chi connectivity index (χ1v) is 12.8. The fraction of sp³-hybridized carbons (Fsp3) is 0.348. The monoisotopic (exact) mass is 488 g/mol. The average Bonchev–Trinajstić information content (AvgIpc) is 3.15. The number of sulfonamides is 1. The van der Waals surface area contributed by atoms with E-state index in [1.54, 1.807) is 38.1 Å². The predicted octanol–water partition coefficient (Wildman–Crippen LogP) is 3.85. The second-order valence-corrected chi connectivity index (χ2v) is 11.1. The van der Waals surface area contributed by atoms with E-state index in [1.165, 1.54) is 30.2 Å². The molecule has 1 aromatic heterocycles. The molecule has 3 rings (SSSR count). The van der Waals surface area contributed by atoms with Crippen molar-refractivity contribution in [3.8, 4) is 17.1 Å². The molecule has 0 aliphatic heterocycles. The van der Waals surface area contributed by atoms with Crippen LogP contribution >= 0.6 is 11.8 Å². The summed E-state index contributed by atoms with van der Waals surface area (Å²) in [6.45, 7) is 7.57. The fourth-order valence-electron chi connectivity index (χ4n) is 3.34. The van der Waals surface area contributed by atoms with Crippen LogP contribution in [-0.2, 0) is 19.6 Å². The summed E-state index contributed by atoms with van der Waals surface area (Å²) < 4.78 is 33.6. The van der Waals surface area contributed by atoms with Crippen LogP contribution in [0.2, 0.25) is 0 Å². The number of ether oxygens (including phenoxy) is 1. The Morgan fingerprint density at radius 2 is 1.73 bits per heavy atom. The summed E-state index contributed by atoms with van der Waals surface area (Å²) in [5.74, 6) is 0.227. The second kappa shape index (κ2) is 10.1. The van der Waals surface area contributed by atoms with Crippen LogP contribution in [0.15, 0.2) is 52.5 Å². The third-order valence-corrected chi connectivity index (χ3v) is 7.57. The van der Waals surface area contributed by atoms with Gasteiger partial charge in [0.15, 0.2) is 11.0 Å². The van der Waals surface area contributed by atoms with E-state index in [-0.39, 0.29) is 22.7 Å². The minimum atomic E-state index is -3.62. The van der Waals surface area contributed by atoms with Crippen LogP contribution in [0.5, 0.6) is 0 Å². The van der Waals surface area contributed by atoms with Gasteiger partial charge in [-0.1, -0.05) is 42.1 Å². The van der Waals surface area contributed by atoms with E-state index in [0.29, 0.717) is 16.5 Å². The summed E-state index contributed by atoms with van der Waals surface area (Å²) >= 11 is 1.23. The van der Waals surface area contributed by atoms with E-state index < -0.39 is 10.0 Å². The maximum absolute atomic E-state index is 12.7. The van der Waals surface area contributed by atoms with Gasteiger partial charge in [-0.2, -0.15) is 0 Å². The van der Waals surface area contributed by atoms with Crippen molar-refractivity contribution in [1.82, 2.24) is 19.1 Å². The van der Waals surface area contributed by atoms with E-state index in [4.69, 9.17) is 4.74 Å². The summed E-state index contributed by atoms with van der Waals surface area (Å²) in [5.41, 5.74) is 3.49. The van der Waals surface area contributed by atoms with Gasteiger partial charge in [0.25, 0.3) is 0 Å². The Labute approximate surface area is 199 Å². The number of nitrogens with zero attached hydrogens (tertiary/aromatic N) is 4. The zero-order valence-corrected chi connectivity index (χ0v) is 21.2. The van der Waals surface area contributed by atoms with Gasteiger partial charge in [-0.25, -0.2) is 12.7 Å². The Hall–Kier alpha value is -2.69. The third-order valence-electron chi connectivity index (χ3n) is 4.85. The van der Waals surface area contributed by atoms with Gasteiger partial charge in [0.2, 0.25) is 10.0 Å². The standard InChI is InChI=1S/C23H28N4O4S2/c1-15(2)31-20(28)14-32-23-25-24-22(27(23)21-16(3)9-7-10-17(21)4)18-11-8-12-19(13-18)33(29,30)26(5)6/h7-13,15H,14H2,1-6H3. The van der Waals surface area contributed by atoms with Crippen molar-refractivity contribution in [2.45, 2.75) is 43.9 Å². The van der Waals surface area contributed by atoms with Crippen LogP contribution in [0.1, 0.15) is 25.0 Å². The Morgan fingerprint density at radius 1 is 1.09 bits per heavy atom. The molecule has 0 atom stereocenters. The van der Waals surface area contributed by atoms with E-state index in [9.17, 15) is 13.2 Å². The number of esters is 1. The number of thioether (sulfide) groups is 1. The molecule has 10 heteroatoms. The van der Waals surface area contributed by atoms with Crippen LogP contribution in [-0.4, -0.2) is 59.4 Å². The lowest BCUT2D eigenvalue weighted by Gasteiger charge is -2.16. The molecule has 0 spiro atoms. The molecule has 3 aromatic rings. The van der Waals surface area contributed by atoms with Crippen molar-refractivity contribution in [3.05, 3.63) is 53.6 Å². The summed E-state index contributed by atoms with van der Waals surface area (Å²) in [6, 6.07) is 12.6. The zero-order chi connectivity index (χ0) is 24.3. The molecule has 0 saturated heterocycles. The highest BCUT2D eigenvalue weighted by Crippen LogP contribution is 2.32. The Bertz CT molecular complexity index is 1250. The van der Waals surface area contributed by atoms with Gasteiger partial charge in [-0.05, 0) is 51.0 Å². The first-order chi connectivity index (χ1) is 15.5. The summed E-state index contributed by atoms with van der Waals surface area (Å²) in [5, 5.41) is 9.24. The van der Waals surface area contributed by atoms with Crippen molar-refractivity contribution >= 4 is 27.8 Å². The van der Waals surface area contributed by atoms with Crippen LogP contribution < -0.4 is 0 Å². The smallest absolute Gasteiger partial charge is 0.316 e. The van der Waals surface area contributed by atoms with Crippen LogP contribution in [0, 0.1) is 13.8 Å². The molecule has 176 valence electrons. The number of aryl methyl sites for hydroxylation is 2. The van der Waals surface area contributed by atoms with E-state index in [1.807, 2.05) is 36.6 Å². The topological polar surface area (TPSA) is 94.4 Å². The van der Waals surface area contributed by atoms with Crippen LogP contribution in [0.3, 0.4) is 0 Å². The number of para-hydroxylation sites is 1. The summed E-state index contributed by atoms with van der Waals surface area (Å²) in [6.07, 6.45) is -0.202. The van der Waals surface area contributed by atoms with E-state index >= 15 is 0 Å². The van der Waals surface area contributed by atoms with Gasteiger partial charge in [0.05, 0.1) is 22.4 Å². The average molecular weight is 489 g/mol. The molecule has 0 bridgehead atoms. The second-order valence-electron chi connectivity index (χ2n) is 8.02. The number of benzene rings is 2. The van der Waals surface area contributed by atoms with Crippen LogP contribution in [0.4, 0.5) is 0 Å². The number of hydrogen-bond donors (Lipinski definition) is 0. The zero-order valence-electron chi connectivity index (χ0n) is 19.6. The number of carbonyl (C=O) groups is 1. The first kappa shape index (κ1) is 24.9. The highest BCUT2D eigenvalue weighted by molar-refractivity contribution is 7.99. The Morgan fingerprint density at radius 3 is 2.33 bits per heavy atom. The minimum Gasteiger partial charge on any atom is -0.462 e. The molecule has 0 fully saturated rings. The molecule has 0 radical (unpaired) electrons. The quantitative estimate of drug-likeness (QED) is 0.351. The van der Waals surface area contributed by atoms with Gasteiger partial charge in [0.1, 0.15) is 0 Å².